The van der Waals surface area contributed by atoms with Gasteiger partial charge in [-0.05, 0) is 36.8 Å². The fraction of sp³-hybridized carbons (Fsp3) is 0.409. The molecule has 1 aliphatic rings. The van der Waals surface area contributed by atoms with Gasteiger partial charge in [0.2, 0.25) is 0 Å². The van der Waals surface area contributed by atoms with Gasteiger partial charge in [-0.2, -0.15) is 10.2 Å². The Hall–Kier alpha value is -2.89. The van der Waals surface area contributed by atoms with Gasteiger partial charge < -0.3 is 4.90 Å². The average Bonchev–Trinajstić information content (AvgIpc) is 3.37. The highest BCUT2D eigenvalue weighted by molar-refractivity contribution is 5.92. The lowest BCUT2D eigenvalue weighted by Gasteiger charge is -2.32. The molecule has 2 aromatic heterocycles. The molecule has 0 saturated carbocycles. The molecule has 1 aromatic carbocycles. The Kier molecular flexibility index (Phi) is 5.28. The number of nitrogens with zero attached hydrogens (tertiary/aromatic N) is 3. The number of hydrogen-bond donors (Lipinski definition) is 2. The van der Waals surface area contributed by atoms with Crippen molar-refractivity contribution in [3.8, 4) is 11.1 Å². The van der Waals surface area contributed by atoms with Crippen LogP contribution in [-0.4, -0.2) is 44.3 Å². The highest BCUT2D eigenvalue weighted by Crippen LogP contribution is 2.33. The molecular formula is C22H27N5O. The fourth-order valence-corrected chi connectivity index (χ4v) is 4.03. The van der Waals surface area contributed by atoms with E-state index in [2.05, 4.69) is 46.4 Å². The zero-order valence-corrected chi connectivity index (χ0v) is 16.5. The number of rotatable bonds is 5. The molecular weight excluding hydrogens is 350 g/mol. The van der Waals surface area contributed by atoms with E-state index in [1.807, 2.05) is 35.4 Å². The van der Waals surface area contributed by atoms with Crippen molar-refractivity contribution in [3.05, 3.63) is 59.7 Å². The second-order valence-electron chi connectivity index (χ2n) is 8.03. The van der Waals surface area contributed by atoms with Crippen LogP contribution < -0.4 is 0 Å². The predicted molar refractivity (Wildman–Crippen MR) is 109 cm³/mol. The van der Waals surface area contributed by atoms with Crippen LogP contribution in [0.1, 0.15) is 54.5 Å². The van der Waals surface area contributed by atoms with E-state index < -0.39 is 0 Å². The molecule has 1 atom stereocenters. The van der Waals surface area contributed by atoms with Gasteiger partial charge in [0.1, 0.15) is 5.69 Å². The lowest BCUT2D eigenvalue weighted by atomic mass is 9.90. The van der Waals surface area contributed by atoms with E-state index in [-0.39, 0.29) is 11.8 Å². The summed E-state index contributed by atoms with van der Waals surface area (Å²) in [6.07, 6.45) is 4.81. The van der Waals surface area contributed by atoms with Gasteiger partial charge in [-0.15, -0.1) is 0 Å². The van der Waals surface area contributed by atoms with Crippen molar-refractivity contribution in [2.75, 3.05) is 13.1 Å². The van der Waals surface area contributed by atoms with Crippen LogP contribution in [0.4, 0.5) is 0 Å². The van der Waals surface area contributed by atoms with Gasteiger partial charge >= 0.3 is 0 Å². The molecule has 1 amide bonds. The number of hydrogen-bond acceptors (Lipinski definition) is 3. The van der Waals surface area contributed by atoms with Gasteiger partial charge in [-0.1, -0.05) is 44.2 Å². The third-order valence-electron chi connectivity index (χ3n) is 5.35. The van der Waals surface area contributed by atoms with E-state index in [1.165, 1.54) is 0 Å². The molecule has 1 fully saturated rings. The minimum Gasteiger partial charge on any atom is -0.337 e. The van der Waals surface area contributed by atoms with E-state index in [0.29, 0.717) is 18.2 Å². The van der Waals surface area contributed by atoms with Crippen LogP contribution in [-0.2, 0) is 6.42 Å². The number of nitrogens with one attached hydrogen (secondary N) is 2. The topological polar surface area (TPSA) is 77.7 Å². The largest absolute Gasteiger partial charge is 0.337 e. The molecule has 0 unspecified atom stereocenters. The third-order valence-corrected chi connectivity index (χ3v) is 5.35. The first-order chi connectivity index (χ1) is 13.6. The normalized spacial score (nSPS) is 17.2. The zero-order valence-electron chi connectivity index (χ0n) is 16.5. The number of carbonyl (C=O) groups is 1. The molecule has 0 bridgehead atoms. The number of likely N-dealkylation sites (tertiary alicyclic amines) is 1. The second kappa shape index (κ2) is 8.00. The molecule has 28 heavy (non-hydrogen) atoms. The van der Waals surface area contributed by atoms with E-state index in [4.69, 9.17) is 0 Å². The zero-order chi connectivity index (χ0) is 19.5. The van der Waals surface area contributed by atoms with Gasteiger partial charge in [0.05, 0.1) is 6.20 Å². The van der Waals surface area contributed by atoms with Crippen LogP contribution in [0.3, 0.4) is 0 Å². The molecule has 1 saturated heterocycles. The highest BCUT2D eigenvalue weighted by Gasteiger charge is 2.29. The maximum atomic E-state index is 13.0. The predicted octanol–water partition coefficient (Wildman–Crippen LogP) is 4.02. The Balaban J connectivity index is 1.50. The van der Waals surface area contributed by atoms with Crippen molar-refractivity contribution < 1.29 is 4.79 Å². The Morgan fingerprint density at radius 3 is 2.86 bits per heavy atom. The molecule has 0 aliphatic carbocycles. The van der Waals surface area contributed by atoms with Crippen molar-refractivity contribution in [1.29, 1.82) is 0 Å². The van der Waals surface area contributed by atoms with E-state index in [9.17, 15) is 4.79 Å². The van der Waals surface area contributed by atoms with E-state index >= 15 is 0 Å². The molecule has 6 nitrogen and oxygen atoms in total. The maximum absolute atomic E-state index is 13.0. The van der Waals surface area contributed by atoms with Crippen molar-refractivity contribution in [1.82, 2.24) is 25.3 Å². The summed E-state index contributed by atoms with van der Waals surface area (Å²) in [5.74, 6) is 0.792. The van der Waals surface area contributed by atoms with E-state index in [0.717, 1.165) is 48.3 Å². The van der Waals surface area contributed by atoms with Crippen LogP contribution in [0, 0.1) is 5.92 Å². The summed E-state index contributed by atoms with van der Waals surface area (Å²) in [6.45, 7) is 5.78. The Labute approximate surface area is 165 Å². The van der Waals surface area contributed by atoms with Crippen molar-refractivity contribution in [2.24, 2.45) is 5.92 Å². The molecule has 6 heteroatoms. The quantitative estimate of drug-likeness (QED) is 0.705. The molecule has 3 aromatic rings. The van der Waals surface area contributed by atoms with Gasteiger partial charge in [-0.3, -0.25) is 15.0 Å². The number of carbonyl (C=O) groups excluding carboxylic acids is 1. The van der Waals surface area contributed by atoms with Crippen LogP contribution in [0.25, 0.3) is 11.1 Å². The third kappa shape index (κ3) is 3.86. The average molecular weight is 377 g/mol. The molecule has 2 N–H and O–H groups in total. The Bertz CT molecular complexity index is 927. The number of amides is 1. The first-order valence-electron chi connectivity index (χ1n) is 10.0. The Morgan fingerprint density at radius 1 is 1.25 bits per heavy atom. The fourth-order valence-electron chi connectivity index (χ4n) is 4.03. The van der Waals surface area contributed by atoms with E-state index in [1.54, 1.807) is 0 Å². The minimum atomic E-state index is 0.0109. The number of aromatic nitrogens is 4. The van der Waals surface area contributed by atoms with Gasteiger partial charge in [0, 0.05) is 36.0 Å². The summed E-state index contributed by atoms with van der Waals surface area (Å²) in [7, 11) is 0. The van der Waals surface area contributed by atoms with Crippen molar-refractivity contribution in [2.45, 2.75) is 39.0 Å². The molecule has 1 aliphatic heterocycles. The summed E-state index contributed by atoms with van der Waals surface area (Å²) in [5.41, 5.74) is 4.93. The molecule has 146 valence electrons. The van der Waals surface area contributed by atoms with Crippen LogP contribution >= 0.6 is 0 Å². The summed E-state index contributed by atoms with van der Waals surface area (Å²) in [5, 5.41) is 14.7. The van der Waals surface area contributed by atoms with Gasteiger partial charge in [0.15, 0.2) is 0 Å². The van der Waals surface area contributed by atoms with Crippen LogP contribution in [0.15, 0.2) is 42.6 Å². The lowest BCUT2D eigenvalue weighted by molar-refractivity contribution is 0.0700. The number of piperidine rings is 1. The van der Waals surface area contributed by atoms with Gasteiger partial charge in [-0.25, -0.2) is 0 Å². The maximum Gasteiger partial charge on any atom is 0.274 e. The molecule has 0 radical (unpaired) electrons. The van der Waals surface area contributed by atoms with Gasteiger partial charge in [0.25, 0.3) is 5.91 Å². The summed E-state index contributed by atoms with van der Waals surface area (Å²) >= 11 is 0. The van der Waals surface area contributed by atoms with Crippen molar-refractivity contribution in [3.63, 3.8) is 0 Å². The summed E-state index contributed by atoms with van der Waals surface area (Å²) < 4.78 is 0. The first kappa shape index (κ1) is 18.5. The second-order valence-corrected chi connectivity index (χ2v) is 8.03. The number of H-pyrrole nitrogens is 2. The molecule has 0 spiro atoms. The number of benzene rings is 1. The number of aromatic amines is 2. The van der Waals surface area contributed by atoms with Crippen LogP contribution in [0.2, 0.25) is 0 Å². The molecule has 3 heterocycles. The van der Waals surface area contributed by atoms with Crippen molar-refractivity contribution >= 4 is 5.91 Å². The minimum absolute atomic E-state index is 0.0109. The monoisotopic (exact) mass is 377 g/mol. The molecule has 4 rings (SSSR count). The summed E-state index contributed by atoms with van der Waals surface area (Å²) in [6, 6.07) is 12.2. The Morgan fingerprint density at radius 2 is 2.07 bits per heavy atom. The smallest absolute Gasteiger partial charge is 0.274 e. The SMILES string of the molecule is CC(C)Cc1cc(C(=O)N2CCC[C@H](c3[nH]ncc3-c3ccccc3)C2)n[nH]1. The highest BCUT2D eigenvalue weighted by atomic mass is 16.2. The lowest BCUT2D eigenvalue weighted by Crippen LogP contribution is -2.39. The van der Waals surface area contributed by atoms with Crippen LogP contribution in [0.5, 0.6) is 0 Å². The first-order valence-corrected chi connectivity index (χ1v) is 10.0. The summed E-state index contributed by atoms with van der Waals surface area (Å²) in [4.78, 5) is 14.9. The standard InChI is InChI=1S/C22H27N5O/c1-15(2)11-18-12-20(25-24-18)22(28)27-10-6-9-17(14-27)21-19(13-23-26-21)16-7-4-3-5-8-16/h3-5,7-8,12-13,15,17H,6,9-11,14H2,1-2H3,(H,23,26)(H,24,25)/t17-/m0/s1.